The molecule has 1 fully saturated rings. The number of anilines is 1. The maximum atomic E-state index is 12.4. The van der Waals surface area contributed by atoms with Crippen LogP contribution in [-0.2, 0) is 10.0 Å². The van der Waals surface area contributed by atoms with Crippen molar-refractivity contribution in [1.82, 2.24) is 4.72 Å². The van der Waals surface area contributed by atoms with Crippen molar-refractivity contribution < 1.29 is 18.3 Å². The molecule has 0 saturated heterocycles. The van der Waals surface area contributed by atoms with Gasteiger partial charge >= 0.3 is 0 Å². The van der Waals surface area contributed by atoms with Gasteiger partial charge in [0, 0.05) is 11.6 Å². The van der Waals surface area contributed by atoms with Gasteiger partial charge in [0.05, 0.1) is 20.0 Å². The third-order valence-corrected chi connectivity index (χ3v) is 6.32. The maximum Gasteiger partial charge on any atom is 0.255 e. The summed E-state index contributed by atoms with van der Waals surface area (Å²) in [7, 11) is -3.60. The highest BCUT2D eigenvalue weighted by Crippen LogP contribution is 2.42. The number of carbonyl (C=O) groups excluding carboxylic acids is 1. The molecule has 0 radical (unpaired) electrons. The van der Waals surface area contributed by atoms with Gasteiger partial charge in [-0.25, -0.2) is 13.1 Å². The highest BCUT2D eigenvalue weighted by Gasteiger charge is 2.28. The predicted octanol–water partition coefficient (Wildman–Crippen LogP) is 4.05. The predicted molar refractivity (Wildman–Crippen MR) is 101 cm³/mol. The van der Waals surface area contributed by atoms with Gasteiger partial charge in [-0.1, -0.05) is 34.8 Å². The number of nitrogens with one attached hydrogen (secondary N) is 2. The number of phenols is 1. The third-order valence-electron chi connectivity index (χ3n) is 3.71. The first kappa shape index (κ1) is 19.3. The second kappa shape index (κ2) is 7.25. The number of amides is 1. The lowest BCUT2D eigenvalue weighted by atomic mass is 10.2. The summed E-state index contributed by atoms with van der Waals surface area (Å²) < 4.78 is 26.8. The third kappa shape index (κ3) is 4.07. The summed E-state index contributed by atoms with van der Waals surface area (Å²) in [5.41, 5.74) is 0.0446. The van der Waals surface area contributed by atoms with Crippen LogP contribution in [0.4, 0.5) is 5.69 Å². The molecule has 2 aromatic carbocycles. The van der Waals surface area contributed by atoms with E-state index in [0.29, 0.717) is 0 Å². The Morgan fingerprint density at radius 1 is 1.08 bits per heavy atom. The molecule has 1 amide bonds. The van der Waals surface area contributed by atoms with Gasteiger partial charge in [0.2, 0.25) is 10.0 Å². The Morgan fingerprint density at radius 2 is 1.69 bits per heavy atom. The molecule has 0 unspecified atom stereocenters. The molecule has 10 heteroatoms. The molecule has 0 heterocycles. The molecule has 2 aromatic rings. The minimum atomic E-state index is -3.60. The zero-order valence-electron chi connectivity index (χ0n) is 13.1. The number of carbonyl (C=O) groups is 1. The van der Waals surface area contributed by atoms with Gasteiger partial charge in [0.15, 0.2) is 5.75 Å². The summed E-state index contributed by atoms with van der Waals surface area (Å²) in [6.45, 7) is 0. The molecule has 0 spiro atoms. The number of halogens is 3. The first-order valence-corrected chi connectivity index (χ1v) is 10.1. The summed E-state index contributed by atoms with van der Waals surface area (Å²) in [5.74, 6) is -1.03. The largest absolute Gasteiger partial charge is 0.504 e. The Morgan fingerprint density at radius 3 is 2.27 bits per heavy atom. The Balaban J connectivity index is 1.81. The first-order chi connectivity index (χ1) is 12.2. The fourth-order valence-electron chi connectivity index (χ4n) is 2.16. The monoisotopic (exact) mass is 434 g/mol. The average molecular weight is 436 g/mol. The van der Waals surface area contributed by atoms with Crippen LogP contribution < -0.4 is 10.0 Å². The summed E-state index contributed by atoms with van der Waals surface area (Å²) >= 11 is 17.7. The summed E-state index contributed by atoms with van der Waals surface area (Å²) in [5, 5.41) is 12.3. The molecule has 3 N–H and O–H groups in total. The zero-order chi connectivity index (χ0) is 19.1. The second-order valence-electron chi connectivity index (χ2n) is 5.75. The summed E-state index contributed by atoms with van der Waals surface area (Å²) in [6.07, 6.45) is 1.65. The molecule has 3 rings (SSSR count). The van der Waals surface area contributed by atoms with E-state index in [1.165, 1.54) is 30.3 Å². The Kier molecular flexibility index (Phi) is 5.37. The Labute approximate surface area is 165 Å². The number of phenolic OH excluding ortho intramolecular Hbond substituents is 1. The molecule has 138 valence electrons. The SMILES string of the molecule is O=C(Nc1c(O)c(Cl)cc(Cl)c1Cl)c1ccc(S(=O)(=O)NC2CC2)cc1. The van der Waals surface area contributed by atoms with E-state index in [2.05, 4.69) is 10.0 Å². The molecule has 6 nitrogen and oxygen atoms in total. The fourth-order valence-corrected chi connectivity index (χ4v) is 4.12. The molecule has 0 atom stereocenters. The van der Waals surface area contributed by atoms with E-state index in [0.717, 1.165) is 12.8 Å². The molecule has 1 aliphatic carbocycles. The molecule has 1 aliphatic rings. The molecule has 0 bridgehead atoms. The zero-order valence-corrected chi connectivity index (χ0v) is 16.2. The van der Waals surface area contributed by atoms with Crippen LogP contribution in [0, 0.1) is 0 Å². The van der Waals surface area contributed by atoms with Crippen LogP contribution in [0.2, 0.25) is 15.1 Å². The number of sulfonamides is 1. The number of hydrogen-bond acceptors (Lipinski definition) is 4. The van der Waals surface area contributed by atoms with E-state index < -0.39 is 21.7 Å². The second-order valence-corrected chi connectivity index (χ2v) is 8.66. The van der Waals surface area contributed by atoms with Crippen molar-refractivity contribution in [3.8, 4) is 5.75 Å². The first-order valence-electron chi connectivity index (χ1n) is 7.49. The molecule has 0 aromatic heterocycles. The molecule has 1 saturated carbocycles. The normalized spacial score (nSPS) is 14.3. The number of benzene rings is 2. The van der Waals surface area contributed by atoms with Gasteiger partial charge in [-0.2, -0.15) is 0 Å². The van der Waals surface area contributed by atoms with E-state index >= 15 is 0 Å². The summed E-state index contributed by atoms with van der Waals surface area (Å²) in [4.78, 5) is 12.4. The van der Waals surface area contributed by atoms with Gasteiger partial charge < -0.3 is 10.4 Å². The Hall–Kier alpha value is -1.51. The minimum Gasteiger partial charge on any atom is -0.504 e. The quantitative estimate of drug-likeness (QED) is 0.488. The lowest BCUT2D eigenvalue weighted by molar-refractivity contribution is 0.102. The average Bonchev–Trinajstić information content (AvgIpc) is 3.40. The van der Waals surface area contributed by atoms with Gasteiger partial charge in [-0.05, 0) is 43.2 Å². The van der Waals surface area contributed by atoms with Crippen molar-refractivity contribution in [1.29, 1.82) is 0 Å². The van der Waals surface area contributed by atoms with Crippen LogP contribution >= 0.6 is 34.8 Å². The summed E-state index contributed by atoms with van der Waals surface area (Å²) in [6, 6.07) is 6.60. The Bertz CT molecular complexity index is 948. The van der Waals surface area contributed by atoms with Crippen LogP contribution in [0.5, 0.6) is 5.75 Å². The smallest absolute Gasteiger partial charge is 0.255 e. The maximum absolute atomic E-state index is 12.4. The molecule has 0 aliphatic heterocycles. The van der Waals surface area contributed by atoms with Crippen molar-refractivity contribution in [2.45, 2.75) is 23.8 Å². The van der Waals surface area contributed by atoms with Gasteiger partial charge in [0.25, 0.3) is 5.91 Å². The van der Waals surface area contributed by atoms with Crippen LogP contribution in [0.15, 0.2) is 35.2 Å². The van der Waals surface area contributed by atoms with Gasteiger partial charge in [0.1, 0.15) is 5.69 Å². The van der Waals surface area contributed by atoms with E-state index in [4.69, 9.17) is 34.8 Å². The minimum absolute atomic E-state index is 0.0133. The standard InChI is InChI=1S/C16H13Cl3N2O4S/c17-11-7-12(18)15(22)14(13(11)19)20-16(23)8-1-5-10(6-2-8)26(24,25)21-9-3-4-9/h1-2,5-7,9,21-22H,3-4H2,(H,20,23). The van der Waals surface area contributed by atoms with Crippen molar-refractivity contribution >= 4 is 56.4 Å². The number of hydrogen-bond donors (Lipinski definition) is 3. The lowest BCUT2D eigenvalue weighted by Crippen LogP contribution is -2.25. The molecular weight excluding hydrogens is 423 g/mol. The fraction of sp³-hybridized carbons (Fsp3) is 0.188. The van der Waals surface area contributed by atoms with Crippen molar-refractivity contribution in [3.63, 3.8) is 0 Å². The van der Waals surface area contributed by atoms with Gasteiger partial charge in [-0.15, -0.1) is 0 Å². The van der Waals surface area contributed by atoms with E-state index in [1.807, 2.05) is 0 Å². The number of aromatic hydroxyl groups is 1. The van der Waals surface area contributed by atoms with E-state index in [-0.39, 0.29) is 37.3 Å². The van der Waals surface area contributed by atoms with Crippen molar-refractivity contribution in [2.24, 2.45) is 0 Å². The van der Waals surface area contributed by atoms with Crippen LogP contribution in [0.1, 0.15) is 23.2 Å². The van der Waals surface area contributed by atoms with E-state index in [1.54, 1.807) is 0 Å². The lowest BCUT2D eigenvalue weighted by Gasteiger charge is -2.12. The highest BCUT2D eigenvalue weighted by molar-refractivity contribution is 7.89. The van der Waals surface area contributed by atoms with E-state index in [9.17, 15) is 18.3 Å². The topological polar surface area (TPSA) is 95.5 Å². The molecular formula is C16H13Cl3N2O4S. The van der Waals surface area contributed by atoms with Gasteiger partial charge in [-0.3, -0.25) is 4.79 Å². The van der Waals surface area contributed by atoms with Crippen LogP contribution in [-0.4, -0.2) is 25.5 Å². The van der Waals surface area contributed by atoms with Crippen LogP contribution in [0.25, 0.3) is 0 Å². The van der Waals surface area contributed by atoms with Crippen LogP contribution in [0.3, 0.4) is 0 Å². The highest BCUT2D eigenvalue weighted by atomic mass is 35.5. The van der Waals surface area contributed by atoms with Crippen molar-refractivity contribution in [3.05, 3.63) is 51.0 Å². The molecule has 26 heavy (non-hydrogen) atoms. The number of rotatable bonds is 5. The van der Waals surface area contributed by atoms with Crippen molar-refractivity contribution in [2.75, 3.05) is 5.32 Å².